The third-order valence-corrected chi connectivity index (χ3v) is 8.26. The van der Waals surface area contributed by atoms with Crippen molar-refractivity contribution in [2.24, 2.45) is 0 Å². The van der Waals surface area contributed by atoms with Crippen molar-refractivity contribution in [1.29, 1.82) is 0 Å². The summed E-state index contributed by atoms with van der Waals surface area (Å²) in [6, 6.07) is 16.6. The lowest BCUT2D eigenvalue weighted by Crippen LogP contribution is -2.47. The summed E-state index contributed by atoms with van der Waals surface area (Å²) in [5, 5.41) is 0. The van der Waals surface area contributed by atoms with E-state index < -0.39 is 10.0 Å². The van der Waals surface area contributed by atoms with Crippen molar-refractivity contribution in [3.05, 3.63) is 59.7 Å². The van der Waals surface area contributed by atoms with Gasteiger partial charge in [-0.3, -0.25) is 4.79 Å². The number of hydrogen-bond donors (Lipinski definition) is 1. The summed E-state index contributed by atoms with van der Waals surface area (Å²) >= 11 is 0. The van der Waals surface area contributed by atoms with Crippen molar-refractivity contribution in [3.8, 4) is 11.1 Å². The van der Waals surface area contributed by atoms with E-state index in [1.807, 2.05) is 4.90 Å². The zero-order valence-electron chi connectivity index (χ0n) is 18.9. The molecule has 2 unspecified atom stereocenters. The van der Waals surface area contributed by atoms with E-state index in [1.54, 1.807) is 6.92 Å². The number of sulfonamides is 1. The molecule has 1 fully saturated rings. The topological polar surface area (TPSA) is 66.5 Å². The lowest BCUT2D eigenvalue weighted by Gasteiger charge is -2.29. The number of carbonyl (C=O) groups excluding carboxylic acids is 1. The van der Waals surface area contributed by atoms with Crippen molar-refractivity contribution >= 4 is 15.9 Å². The molecule has 2 bridgehead atoms. The van der Waals surface area contributed by atoms with Crippen molar-refractivity contribution < 1.29 is 13.2 Å². The molecule has 2 heterocycles. The molecule has 5 nitrogen and oxygen atoms in total. The summed E-state index contributed by atoms with van der Waals surface area (Å²) < 4.78 is 27.4. The molecule has 0 saturated carbocycles. The van der Waals surface area contributed by atoms with Crippen LogP contribution in [-0.2, 0) is 27.7 Å². The molecule has 2 aromatic carbocycles. The van der Waals surface area contributed by atoms with Crippen LogP contribution in [0.25, 0.3) is 11.1 Å². The highest BCUT2D eigenvalue weighted by atomic mass is 32.2. The van der Waals surface area contributed by atoms with Gasteiger partial charge in [0.05, 0.1) is 17.8 Å². The van der Waals surface area contributed by atoms with Crippen LogP contribution in [0.2, 0.25) is 0 Å². The molecule has 2 aromatic rings. The molecule has 0 spiro atoms. The number of fused-ring (bicyclic) bond motifs is 5. The van der Waals surface area contributed by atoms with Gasteiger partial charge < -0.3 is 4.90 Å². The average Bonchev–Trinajstić information content (AvgIpc) is 3.06. The molecule has 32 heavy (non-hydrogen) atoms. The van der Waals surface area contributed by atoms with Crippen LogP contribution in [0.4, 0.5) is 0 Å². The van der Waals surface area contributed by atoms with Crippen molar-refractivity contribution in [3.63, 3.8) is 0 Å². The summed E-state index contributed by atoms with van der Waals surface area (Å²) in [7, 11) is -3.38. The molecular weight excluding hydrogens is 420 g/mol. The first-order chi connectivity index (χ1) is 15.5. The Bertz CT molecular complexity index is 1050. The fraction of sp³-hybridized carbons (Fsp3) is 0.500. The average molecular weight is 455 g/mol. The lowest BCUT2D eigenvalue weighted by molar-refractivity contribution is -0.129. The summed E-state index contributed by atoms with van der Waals surface area (Å²) in [6.07, 6.45) is 7.55. The second kappa shape index (κ2) is 10.2. The van der Waals surface area contributed by atoms with Crippen molar-refractivity contribution in [2.75, 3.05) is 12.3 Å². The van der Waals surface area contributed by atoms with Crippen LogP contribution in [-0.4, -0.2) is 43.6 Å². The molecule has 1 N–H and O–H groups in total. The largest absolute Gasteiger partial charge is 0.338 e. The molecule has 0 aromatic heterocycles. The maximum Gasteiger partial charge on any atom is 0.224 e. The van der Waals surface area contributed by atoms with E-state index in [-0.39, 0.29) is 30.2 Å². The van der Waals surface area contributed by atoms with Gasteiger partial charge >= 0.3 is 0 Å². The van der Waals surface area contributed by atoms with Crippen LogP contribution in [0.3, 0.4) is 0 Å². The Balaban J connectivity index is 1.68. The minimum Gasteiger partial charge on any atom is -0.338 e. The normalized spacial score (nSPS) is 22.5. The van der Waals surface area contributed by atoms with Gasteiger partial charge in [-0.05, 0) is 54.9 Å². The molecule has 0 radical (unpaired) electrons. The minimum absolute atomic E-state index is 0.0245. The van der Waals surface area contributed by atoms with Gasteiger partial charge in [-0.25, -0.2) is 13.1 Å². The number of nitrogens with zero attached hydrogens (tertiary/aromatic N) is 1. The highest BCUT2D eigenvalue weighted by molar-refractivity contribution is 7.89. The second-order valence-corrected chi connectivity index (χ2v) is 11.1. The molecular formula is C26H34N2O3S. The van der Waals surface area contributed by atoms with Gasteiger partial charge in [0.25, 0.3) is 0 Å². The van der Waals surface area contributed by atoms with Gasteiger partial charge in [0.2, 0.25) is 15.9 Å². The van der Waals surface area contributed by atoms with E-state index in [9.17, 15) is 13.2 Å². The number of benzene rings is 2. The molecule has 6 heteroatoms. The summed E-state index contributed by atoms with van der Waals surface area (Å²) in [4.78, 5) is 14.8. The smallest absolute Gasteiger partial charge is 0.224 e. The first-order valence-electron chi connectivity index (χ1n) is 11.9. The van der Waals surface area contributed by atoms with E-state index >= 15 is 0 Å². The van der Waals surface area contributed by atoms with Crippen molar-refractivity contribution in [1.82, 2.24) is 9.62 Å². The van der Waals surface area contributed by atoms with E-state index in [2.05, 4.69) is 53.3 Å². The van der Waals surface area contributed by atoms with E-state index in [0.717, 1.165) is 31.2 Å². The second-order valence-electron chi connectivity index (χ2n) is 9.07. The number of nitrogens with one attached hydrogen (secondary N) is 1. The SMILES string of the molecule is CCS(=O)(=O)NC1CC(=O)N2CCCCCCCc3ccccc3-c3cccc(c3)CC12. The monoisotopic (exact) mass is 454 g/mol. The number of carbonyl (C=O) groups is 1. The van der Waals surface area contributed by atoms with Gasteiger partial charge in [-0.1, -0.05) is 67.8 Å². The minimum atomic E-state index is -3.38. The van der Waals surface area contributed by atoms with E-state index in [1.165, 1.54) is 29.5 Å². The Kier molecular flexibility index (Phi) is 7.31. The Hall–Kier alpha value is -2.18. The fourth-order valence-electron chi connectivity index (χ4n) is 5.08. The van der Waals surface area contributed by atoms with Gasteiger partial charge in [-0.15, -0.1) is 0 Å². The van der Waals surface area contributed by atoms with E-state index in [4.69, 9.17) is 0 Å². The predicted octanol–water partition coefficient (Wildman–Crippen LogP) is 4.31. The van der Waals surface area contributed by atoms with Gasteiger partial charge in [-0.2, -0.15) is 0 Å². The first-order valence-corrected chi connectivity index (χ1v) is 13.6. The molecule has 1 amide bonds. The number of hydrogen-bond acceptors (Lipinski definition) is 3. The van der Waals surface area contributed by atoms with Crippen LogP contribution in [0.5, 0.6) is 0 Å². The summed E-state index contributed by atoms with van der Waals surface area (Å²) in [5.41, 5.74) is 4.98. The Morgan fingerprint density at radius 3 is 2.59 bits per heavy atom. The molecule has 1 saturated heterocycles. The third-order valence-electron chi connectivity index (χ3n) is 6.84. The quantitative estimate of drug-likeness (QED) is 0.751. The van der Waals surface area contributed by atoms with Gasteiger partial charge in [0, 0.05) is 13.0 Å². The van der Waals surface area contributed by atoms with Gasteiger partial charge in [0.1, 0.15) is 0 Å². The maximum absolute atomic E-state index is 12.9. The fourth-order valence-corrected chi connectivity index (χ4v) is 5.94. The van der Waals surface area contributed by atoms with Crippen LogP contribution >= 0.6 is 0 Å². The zero-order chi connectivity index (χ0) is 22.6. The third kappa shape index (κ3) is 5.41. The maximum atomic E-state index is 12.9. The molecule has 2 aliphatic rings. The summed E-state index contributed by atoms with van der Waals surface area (Å²) in [6.45, 7) is 2.34. The van der Waals surface area contributed by atoms with Gasteiger partial charge in [0.15, 0.2) is 0 Å². The zero-order valence-corrected chi connectivity index (χ0v) is 19.7. The molecule has 2 aliphatic heterocycles. The Labute approximate surface area is 192 Å². The predicted molar refractivity (Wildman–Crippen MR) is 129 cm³/mol. The highest BCUT2D eigenvalue weighted by Crippen LogP contribution is 2.29. The van der Waals surface area contributed by atoms with Crippen LogP contribution in [0, 0.1) is 0 Å². The van der Waals surface area contributed by atoms with E-state index in [0.29, 0.717) is 13.0 Å². The number of aryl methyl sites for hydroxylation is 1. The van der Waals surface area contributed by atoms with Crippen molar-refractivity contribution in [2.45, 2.75) is 70.4 Å². The molecule has 0 aliphatic carbocycles. The first kappa shape index (κ1) is 23.0. The Morgan fingerprint density at radius 1 is 0.969 bits per heavy atom. The molecule has 2 atom stereocenters. The molecule has 172 valence electrons. The lowest BCUT2D eigenvalue weighted by atomic mass is 9.93. The standard InChI is InChI=1S/C26H34N2O3S/c1-2-32(30,31)27-24-19-26(29)28-16-9-5-3-4-6-12-21-13-7-8-15-23(21)22-14-10-11-20(17-22)18-25(24)28/h7-8,10-11,13-15,17,24-25,27H,2-6,9,12,16,18-19H2,1H3. The summed E-state index contributed by atoms with van der Waals surface area (Å²) in [5.74, 6) is 0.0843. The Morgan fingerprint density at radius 2 is 1.75 bits per heavy atom. The van der Waals surface area contributed by atoms with Crippen LogP contribution in [0.15, 0.2) is 48.5 Å². The van der Waals surface area contributed by atoms with Crippen LogP contribution < -0.4 is 4.72 Å². The molecule has 4 rings (SSSR count). The number of rotatable bonds is 3. The number of amides is 1. The van der Waals surface area contributed by atoms with Crippen LogP contribution in [0.1, 0.15) is 56.6 Å². The highest BCUT2D eigenvalue weighted by Gasteiger charge is 2.40.